The number of nitrogens with zero attached hydrogens (tertiary/aromatic N) is 4. The Labute approximate surface area is 342 Å². The van der Waals surface area contributed by atoms with Crippen molar-refractivity contribution < 1.29 is 0 Å². The van der Waals surface area contributed by atoms with Gasteiger partial charge in [0.15, 0.2) is 0 Å². The van der Waals surface area contributed by atoms with E-state index in [2.05, 4.69) is 246 Å². The Bertz CT molecular complexity index is 2540. The molecule has 0 saturated heterocycles. The van der Waals surface area contributed by atoms with E-state index in [0.717, 1.165) is 45.5 Å². The van der Waals surface area contributed by atoms with Crippen molar-refractivity contribution in [3.8, 4) is 0 Å². The predicted octanol–water partition coefficient (Wildman–Crippen LogP) is 15.0. The highest BCUT2D eigenvalue weighted by molar-refractivity contribution is 5.87. The molecule has 4 heteroatoms. The summed E-state index contributed by atoms with van der Waals surface area (Å²) in [5.74, 6) is 0. The number of fused-ring (bicyclic) bond motifs is 1. The van der Waals surface area contributed by atoms with Gasteiger partial charge in [0.2, 0.25) is 0 Å². The van der Waals surface area contributed by atoms with E-state index < -0.39 is 0 Å². The van der Waals surface area contributed by atoms with Crippen LogP contribution >= 0.6 is 0 Å². The van der Waals surface area contributed by atoms with E-state index in [1.54, 1.807) is 0 Å². The smallest absolute Gasteiger partial charge is 0.0463 e. The van der Waals surface area contributed by atoms with Crippen LogP contribution in [0, 0.1) is 0 Å². The maximum Gasteiger partial charge on any atom is 0.0463 e. The maximum atomic E-state index is 2.28. The molecule has 0 spiro atoms. The molecule has 58 heavy (non-hydrogen) atoms. The quantitative estimate of drug-likeness (QED) is 0.138. The Hall–Kier alpha value is -7.56. The van der Waals surface area contributed by atoms with Crippen LogP contribution < -0.4 is 19.6 Å². The van der Waals surface area contributed by atoms with E-state index in [9.17, 15) is 0 Å². The van der Waals surface area contributed by atoms with Crippen LogP contribution in [0.25, 0.3) is 10.8 Å². The van der Waals surface area contributed by atoms with Gasteiger partial charge < -0.3 is 19.6 Å². The molecule has 0 amide bonds. The molecule has 0 aliphatic rings. The first-order chi connectivity index (χ1) is 28.6. The molecule has 0 heterocycles. The summed E-state index contributed by atoms with van der Waals surface area (Å²) in [5.41, 5.74) is 11.5. The standard InChI is InChI=1S/C29H24N2.C25H22N2/c1-30(29-17-16-23-10-8-9-11-24(23)22-29)25-18-20-28(21-19-25)31(26-12-4-2-5-13-26)27-14-6-3-7-15-27;1-26(21-11-5-2-6-12-21)22-17-19-25(20-18-22)27(23-13-7-3-8-14-23)24-15-9-4-10-16-24/h2-22H,1H3;2-20H,1H3. The molecule has 0 atom stereocenters. The van der Waals surface area contributed by atoms with E-state index in [4.69, 9.17) is 0 Å². The summed E-state index contributed by atoms with van der Waals surface area (Å²) in [6.45, 7) is 0. The van der Waals surface area contributed by atoms with Crippen LogP contribution in [0.4, 0.5) is 56.9 Å². The number of hydrogen-bond donors (Lipinski definition) is 0. The topological polar surface area (TPSA) is 13.0 Å². The molecule has 0 radical (unpaired) electrons. The zero-order valence-corrected chi connectivity index (χ0v) is 32.9. The Kier molecular flexibility index (Phi) is 11.6. The van der Waals surface area contributed by atoms with Crippen LogP contribution in [0.3, 0.4) is 0 Å². The Morgan fingerprint density at radius 3 is 0.828 bits per heavy atom. The highest BCUT2D eigenvalue weighted by atomic mass is 15.2. The first-order valence-electron chi connectivity index (χ1n) is 19.6. The van der Waals surface area contributed by atoms with E-state index >= 15 is 0 Å². The van der Waals surface area contributed by atoms with Crippen molar-refractivity contribution in [2.24, 2.45) is 0 Å². The van der Waals surface area contributed by atoms with Crippen LogP contribution in [0.15, 0.2) is 243 Å². The first kappa shape index (κ1) is 37.4. The lowest BCUT2D eigenvalue weighted by Crippen LogP contribution is -2.11. The zero-order chi connectivity index (χ0) is 39.5. The molecule has 0 aliphatic heterocycles. The van der Waals surface area contributed by atoms with Gasteiger partial charge in [-0.2, -0.15) is 0 Å². The van der Waals surface area contributed by atoms with Gasteiger partial charge in [-0.1, -0.05) is 121 Å². The molecule has 9 rings (SSSR count). The van der Waals surface area contributed by atoms with E-state index in [1.807, 2.05) is 30.3 Å². The van der Waals surface area contributed by atoms with Gasteiger partial charge in [-0.25, -0.2) is 0 Å². The fourth-order valence-corrected chi connectivity index (χ4v) is 7.19. The molecule has 4 nitrogen and oxygen atoms in total. The molecule has 0 N–H and O–H groups in total. The Morgan fingerprint density at radius 2 is 0.448 bits per heavy atom. The molecule has 0 bridgehead atoms. The lowest BCUT2D eigenvalue weighted by molar-refractivity contribution is 1.20. The van der Waals surface area contributed by atoms with Crippen molar-refractivity contribution in [1.82, 2.24) is 0 Å². The zero-order valence-electron chi connectivity index (χ0n) is 32.9. The Morgan fingerprint density at radius 1 is 0.207 bits per heavy atom. The normalized spacial score (nSPS) is 10.6. The third-order valence-electron chi connectivity index (χ3n) is 10.3. The number of rotatable bonds is 10. The number of anilines is 10. The van der Waals surface area contributed by atoms with Crippen molar-refractivity contribution in [2.45, 2.75) is 0 Å². The lowest BCUT2D eigenvalue weighted by atomic mass is 10.1. The summed E-state index contributed by atoms with van der Waals surface area (Å²) in [6, 6.07) is 84.8. The van der Waals surface area contributed by atoms with Crippen LogP contribution in [0.1, 0.15) is 0 Å². The second kappa shape index (κ2) is 17.9. The highest BCUT2D eigenvalue weighted by Crippen LogP contribution is 2.37. The average molecular weight is 751 g/mol. The molecular weight excluding hydrogens is 705 g/mol. The molecule has 9 aromatic rings. The van der Waals surface area contributed by atoms with Gasteiger partial charge >= 0.3 is 0 Å². The van der Waals surface area contributed by atoms with E-state index in [1.165, 1.54) is 22.1 Å². The maximum absolute atomic E-state index is 2.28. The second-order valence-corrected chi connectivity index (χ2v) is 14.0. The molecule has 0 fully saturated rings. The van der Waals surface area contributed by atoms with Gasteiger partial charge in [-0.3, -0.25) is 0 Å². The van der Waals surface area contributed by atoms with Crippen molar-refractivity contribution in [3.63, 3.8) is 0 Å². The summed E-state index contributed by atoms with van der Waals surface area (Å²) < 4.78 is 0. The molecule has 282 valence electrons. The number of para-hydroxylation sites is 5. The molecular formula is C54H46N4. The molecule has 0 saturated carbocycles. The van der Waals surface area contributed by atoms with Gasteiger partial charge in [-0.15, -0.1) is 0 Å². The average Bonchev–Trinajstić information content (AvgIpc) is 3.31. The van der Waals surface area contributed by atoms with E-state index in [-0.39, 0.29) is 0 Å². The fraction of sp³-hybridized carbons (Fsp3) is 0.0370. The minimum atomic E-state index is 1.13. The monoisotopic (exact) mass is 750 g/mol. The second-order valence-electron chi connectivity index (χ2n) is 14.0. The first-order valence-corrected chi connectivity index (χ1v) is 19.6. The van der Waals surface area contributed by atoms with Crippen molar-refractivity contribution in [2.75, 3.05) is 33.7 Å². The van der Waals surface area contributed by atoms with Crippen LogP contribution in [0.2, 0.25) is 0 Å². The van der Waals surface area contributed by atoms with Gasteiger partial charge in [0.1, 0.15) is 0 Å². The molecule has 0 unspecified atom stereocenters. The third kappa shape index (κ3) is 8.62. The van der Waals surface area contributed by atoms with Gasteiger partial charge in [-0.05, 0) is 132 Å². The van der Waals surface area contributed by atoms with Gasteiger partial charge in [0.25, 0.3) is 0 Å². The summed E-state index contributed by atoms with van der Waals surface area (Å²) in [7, 11) is 4.21. The summed E-state index contributed by atoms with van der Waals surface area (Å²) in [4.78, 5) is 8.97. The predicted molar refractivity (Wildman–Crippen MR) is 249 cm³/mol. The molecule has 0 aromatic heterocycles. The molecule has 0 aliphatic carbocycles. The summed E-state index contributed by atoms with van der Waals surface area (Å²) in [5, 5.41) is 2.51. The number of benzene rings is 9. The SMILES string of the molecule is CN(c1ccc(N(c2ccccc2)c2ccccc2)cc1)c1ccc2ccccc2c1.CN(c1ccccc1)c1ccc(N(c2ccccc2)c2ccccc2)cc1. The van der Waals surface area contributed by atoms with Crippen molar-refractivity contribution in [1.29, 1.82) is 0 Å². The Balaban J connectivity index is 0.000000164. The fourth-order valence-electron chi connectivity index (χ4n) is 7.19. The highest BCUT2D eigenvalue weighted by Gasteiger charge is 2.14. The van der Waals surface area contributed by atoms with Crippen LogP contribution in [-0.2, 0) is 0 Å². The number of hydrogen-bond acceptors (Lipinski definition) is 4. The third-order valence-corrected chi connectivity index (χ3v) is 10.3. The van der Waals surface area contributed by atoms with Gasteiger partial charge in [0.05, 0.1) is 0 Å². The summed E-state index contributed by atoms with van der Waals surface area (Å²) >= 11 is 0. The molecule has 9 aromatic carbocycles. The van der Waals surface area contributed by atoms with Crippen LogP contribution in [0.5, 0.6) is 0 Å². The minimum Gasteiger partial charge on any atom is -0.345 e. The van der Waals surface area contributed by atoms with Gasteiger partial charge in [0, 0.05) is 71.0 Å². The van der Waals surface area contributed by atoms with Crippen molar-refractivity contribution >= 4 is 67.6 Å². The summed E-state index contributed by atoms with van der Waals surface area (Å²) in [6.07, 6.45) is 0. The largest absolute Gasteiger partial charge is 0.345 e. The van der Waals surface area contributed by atoms with E-state index in [0.29, 0.717) is 0 Å². The van der Waals surface area contributed by atoms with Crippen LogP contribution in [-0.4, -0.2) is 14.1 Å². The van der Waals surface area contributed by atoms with Crippen molar-refractivity contribution in [3.05, 3.63) is 243 Å². The lowest BCUT2D eigenvalue weighted by Gasteiger charge is -2.26. The minimum absolute atomic E-state index is 1.13.